The minimum atomic E-state index is -1.21. The van der Waals surface area contributed by atoms with Crippen molar-refractivity contribution in [1.82, 2.24) is 0 Å². The van der Waals surface area contributed by atoms with Gasteiger partial charge in [0.1, 0.15) is 23.7 Å². The third kappa shape index (κ3) is 3.77. The molecule has 0 aliphatic rings. The number of aliphatic hydroxyl groups excluding tert-OH is 1. The molecular formula is C11H16O4. The van der Waals surface area contributed by atoms with Crippen molar-refractivity contribution in [2.75, 3.05) is 20.3 Å². The summed E-state index contributed by atoms with van der Waals surface area (Å²) in [6, 6.07) is 7.02. The zero-order chi connectivity index (χ0) is 11.3. The Morgan fingerprint density at radius 2 is 1.73 bits per heavy atom. The molecule has 4 heteroatoms. The summed E-state index contributed by atoms with van der Waals surface area (Å²) in [6.07, 6.45) is 0. The van der Waals surface area contributed by atoms with Crippen molar-refractivity contribution in [1.29, 1.82) is 0 Å². The van der Waals surface area contributed by atoms with Crippen LogP contribution in [-0.2, 0) is 0 Å². The molecule has 0 bridgehead atoms. The first-order valence-electron chi connectivity index (χ1n) is 4.67. The van der Waals surface area contributed by atoms with Crippen LogP contribution in [0, 0.1) is 0 Å². The molecule has 1 aromatic carbocycles. The van der Waals surface area contributed by atoms with Crippen LogP contribution in [0.4, 0.5) is 0 Å². The number of rotatable bonds is 5. The van der Waals surface area contributed by atoms with Gasteiger partial charge in [-0.2, -0.15) is 0 Å². The van der Waals surface area contributed by atoms with E-state index in [0.29, 0.717) is 5.75 Å². The lowest BCUT2D eigenvalue weighted by molar-refractivity contribution is -0.0325. The first kappa shape index (κ1) is 11.8. The van der Waals surface area contributed by atoms with Gasteiger partial charge in [0.25, 0.3) is 0 Å². The quantitative estimate of drug-likeness (QED) is 0.758. The van der Waals surface area contributed by atoms with Crippen LogP contribution < -0.4 is 9.47 Å². The Kier molecular flexibility index (Phi) is 3.94. The van der Waals surface area contributed by atoms with Crippen molar-refractivity contribution in [2.24, 2.45) is 0 Å². The summed E-state index contributed by atoms with van der Waals surface area (Å²) < 4.78 is 10.3. The number of ether oxygens (including phenoxy) is 2. The van der Waals surface area contributed by atoms with Gasteiger partial charge in [-0.1, -0.05) is 0 Å². The van der Waals surface area contributed by atoms with Gasteiger partial charge in [-0.15, -0.1) is 0 Å². The Morgan fingerprint density at radius 1 is 1.20 bits per heavy atom. The predicted octanol–water partition coefficient (Wildman–Crippen LogP) is 0.817. The van der Waals surface area contributed by atoms with Gasteiger partial charge in [0.15, 0.2) is 0 Å². The highest BCUT2D eigenvalue weighted by molar-refractivity contribution is 5.31. The average molecular weight is 212 g/mol. The van der Waals surface area contributed by atoms with Crippen molar-refractivity contribution in [2.45, 2.75) is 12.5 Å². The van der Waals surface area contributed by atoms with Crippen LogP contribution >= 0.6 is 0 Å². The van der Waals surface area contributed by atoms with Crippen LogP contribution in [0.3, 0.4) is 0 Å². The Labute approximate surface area is 89.1 Å². The molecule has 0 fully saturated rings. The lowest BCUT2D eigenvalue weighted by Gasteiger charge is -2.20. The first-order chi connectivity index (χ1) is 7.07. The lowest BCUT2D eigenvalue weighted by atomic mass is 10.1. The SMILES string of the molecule is COc1ccc(OCC(C)(O)CO)cc1. The second-order valence-electron chi connectivity index (χ2n) is 3.62. The maximum atomic E-state index is 9.49. The molecule has 1 rings (SSSR count). The van der Waals surface area contributed by atoms with E-state index in [1.54, 1.807) is 31.4 Å². The smallest absolute Gasteiger partial charge is 0.119 e. The third-order valence-corrected chi connectivity index (χ3v) is 1.95. The molecule has 0 saturated heterocycles. The maximum absolute atomic E-state index is 9.49. The zero-order valence-electron chi connectivity index (χ0n) is 8.93. The second kappa shape index (κ2) is 5.00. The molecule has 2 N–H and O–H groups in total. The largest absolute Gasteiger partial charge is 0.497 e. The van der Waals surface area contributed by atoms with Gasteiger partial charge in [-0.25, -0.2) is 0 Å². The molecule has 0 saturated carbocycles. The molecule has 0 heterocycles. The van der Waals surface area contributed by atoms with E-state index in [2.05, 4.69) is 0 Å². The van der Waals surface area contributed by atoms with Crippen molar-refractivity contribution >= 4 is 0 Å². The highest BCUT2D eigenvalue weighted by atomic mass is 16.5. The van der Waals surface area contributed by atoms with Crippen molar-refractivity contribution < 1.29 is 19.7 Å². The summed E-state index contributed by atoms with van der Waals surface area (Å²) in [5, 5.41) is 18.3. The van der Waals surface area contributed by atoms with Gasteiger partial charge in [0.05, 0.1) is 13.7 Å². The van der Waals surface area contributed by atoms with E-state index in [1.165, 1.54) is 6.92 Å². The van der Waals surface area contributed by atoms with Gasteiger partial charge in [0.2, 0.25) is 0 Å². The topological polar surface area (TPSA) is 58.9 Å². The fourth-order valence-corrected chi connectivity index (χ4v) is 0.956. The molecule has 0 aromatic heterocycles. The van der Waals surface area contributed by atoms with Crippen molar-refractivity contribution in [3.63, 3.8) is 0 Å². The van der Waals surface area contributed by atoms with E-state index in [9.17, 15) is 5.11 Å². The van der Waals surface area contributed by atoms with E-state index in [1.807, 2.05) is 0 Å². The Morgan fingerprint density at radius 3 is 2.20 bits per heavy atom. The summed E-state index contributed by atoms with van der Waals surface area (Å²) in [4.78, 5) is 0. The summed E-state index contributed by atoms with van der Waals surface area (Å²) in [7, 11) is 1.59. The van der Waals surface area contributed by atoms with Crippen LogP contribution in [0.5, 0.6) is 11.5 Å². The van der Waals surface area contributed by atoms with Crippen molar-refractivity contribution in [3.8, 4) is 11.5 Å². The highest BCUT2D eigenvalue weighted by Gasteiger charge is 2.19. The molecule has 15 heavy (non-hydrogen) atoms. The van der Waals surface area contributed by atoms with Gasteiger partial charge < -0.3 is 19.7 Å². The molecule has 84 valence electrons. The average Bonchev–Trinajstić information content (AvgIpc) is 2.27. The van der Waals surface area contributed by atoms with Gasteiger partial charge in [-0.3, -0.25) is 0 Å². The molecule has 0 spiro atoms. The third-order valence-electron chi connectivity index (χ3n) is 1.95. The highest BCUT2D eigenvalue weighted by Crippen LogP contribution is 2.18. The van der Waals surface area contributed by atoms with E-state index in [4.69, 9.17) is 14.6 Å². The molecule has 0 aliphatic carbocycles. The fourth-order valence-electron chi connectivity index (χ4n) is 0.956. The Bertz CT molecular complexity index is 292. The molecule has 4 nitrogen and oxygen atoms in total. The van der Waals surface area contributed by atoms with Gasteiger partial charge >= 0.3 is 0 Å². The number of hydrogen-bond donors (Lipinski definition) is 2. The summed E-state index contributed by atoms with van der Waals surface area (Å²) in [6.45, 7) is 1.23. The Hall–Kier alpha value is -1.26. The second-order valence-corrected chi connectivity index (χ2v) is 3.62. The number of aliphatic hydroxyl groups is 2. The maximum Gasteiger partial charge on any atom is 0.119 e. The Balaban J connectivity index is 2.51. The molecule has 0 aliphatic heterocycles. The van der Waals surface area contributed by atoms with E-state index in [-0.39, 0.29) is 13.2 Å². The van der Waals surface area contributed by atoms with E-state index in [0.717, 1.165) is 5.75 Å². The van der Waals surface area contributed by atoms with E-state index < -0.39 is 5.60 Å². The zero-order valence-corrected chi connectivity index (χ0v) is 8.93. The summed E-state index contributed by atoms with van der Waals surface area (Å²) >= 11 is 0. The van der Waals surface area contributed by atoms with Crippen LogP contribution in [-0.4, -0.2) is 36.1 Å². The number of hydrogen-bond acceptors (Lipinski definition) is 4. The van der Waals surface area contributed by atoms with E-state index >= 15 is 0 Å². The minimum Gasteiger partial charge on any atom is -0.497 e. The van der Waals surface area contributed by atoms with Gasteiger partial charge in [0, 0.05) is 0 Å². The molecule has 0 radical (unpaired) electrons. The summed E-state index contributed by atoms with van der Waals surface area (Å²) in [5.74, 6) is 1.38. The van der Waals surface area contributed by atoms with Crippen LogP contribution in [0.1, 0.15) is 6.92 Å². The molecular weight excluding hydrogens is 196 g/mol. The molecule has 1 aromatic rings. The number of methoxy groups -OCH3 is 1. The van der Waals surface area contributed by atoms with Crippen LogP contribution in [0.25, 0.3) is 0 Å². The van der Waals surface area contributed by atoms with Crippen LogP contribution in [0.15, 0.2) is 24.3 Å². The monoisotopic (exact) mass is 212 g/mol. The first-order valence-corrected chi connectivity index (χ1v) is 4.67. The van der Waals surface area contributed by atoms with Crippen molar-refractivity contribution in [3.05, 3.63) is 24.3 Å². The number of benzene rings is 1. The minimum absolute atomic E-state index is 0.0514. The van der Waals surface area contributed by atoms with Crippen LogP contribution in [0.2, 0.25) is 0 Å². The predicted molar refractivity (Wildman–Crippen MR) is 56.2 cm³/mol. The molecule has 1 atom stereocenters. The normalized spacial score (nSPS) is 14.4. The fraction of sp³-hybridized carbons (Fsp3) is 0.455. The standard InChI is InChI=1S/C11H16O4/c1-11(13,7-12)8-15-10-5-3-9(14-2)4-6-10/h3-6,12-13H,7-8H2,1-2H3. The molecule has 0 amide bonds. The summed E-state index contributed by atoms with van der Waals surface area (Å²) in [5.41, 5.74) is -1.21. The van der Waals surface area contributed by atoms with Gasteiger partial charge in [-0.05, 0) is 31.2 Å². The molecule has 1 unspecified atom stereocenters. The lowest BCUT2D eigenvalue weighted by Crippen LogP contribution is -2.36.